The van der Waals surface area contributed by atoms with Crippen molar-refractivity contribution >= 4 is 46.6 Å². The number of benzene rings is 1. The maximum Gasteiger partial charge on any atom is 0.233 e. The summed E-state index contributed by atoms with van der Waals surface area (Å²) in [4.78, 5) is 39.3. The molecule has 6 rings (SSSR count). The van der Waals surface area contributed by atoms with E-state index in [1.807, 2.05) is 0 Å². The van der Waals surface area contributed by atoms with Crippen molar-refractivity contribution in [2.24, 2.45) is 35.5 Å². The minimum absolute atomic E-state index is 0.0623. The Morgan fingerprint density at radius 2 is 1.67 bits per heavy atom. The highest BCUT2D eigenvalue weighted by Crippen LogP contribution is 2.65. The van der Waals surface area contributed by atoms with Crippen molar-refractivity contribution in [3.63, 3.8) is 0 Å². The van der Waals surface area contributed by atoms with E-state index in [0.717, 1.165) is 6.42 Å². The topological polar surface area (TPSA) is 66.5 Å². The van der Waals surface area contributed by atoms with E-state index in [1.54, 1.807) is 18.2 Å². The van der Waals surface area contributed by atoms with Crippen molar-refractivity contribution < 1.29 is 14.4 Å². The Morgan fingerprint density at radius 3 is 2.26 bits per heavy atom. The average Bonchev–Trinajstić information content (AvgIpc) is 3.42. The Bertz CT molecular complexity index is 863. The molecule has 2 saturated carbocycles. The number of nitrogens with one attached hydrogen (secondary N) is 1. The molecule has 3 amide bonds. The Morgan fingerprint density at radius 1 is 1.04 bits per heavy atom. The van der Waals surface area contributed by atoms with Crippen LogP contribution in [0.2, 0.25) is 10.0 Å². The highest BCUT2D eigenvalue weighted by Gasteiger charge is 2.66. The number of carbonyl (C=O) groups is 3. The van der Waals surface area contributed by atoms with Gasteiger partial charge in [-0.05, 0) is 48.3 Å². The molecule has 1 aliphatic heterocycles. The molecular weight excluding hydrogens is 387 g/mol. The number of nitrogens with zero attached hydrogens (tertiary/aromatic N) is 1. The average molecular weight is 405 g/mol. The molecule has 1 heterocycles. The Kier molecular flexibility index (Phi) is 3.89. The summed E-state index contributed by atoms with van der Waals surface area (Å²) >= 11 is 11.8. The third kappa shape index (κ3) is 2.63. The monoisotopic (exact) mass is 404 g/mol. The van der Waals surface area contributed by atoms with Crippen molar-refractivity contribution in [2.45, 2.75) is 12.8 Å². The lowest BCUT2D eigenvalue weighted by Gasteiger charge is -2.37. The molecule has 0 unspecified atom stereocenters. The van der Waals surface area contributed by atoms with Gasteiger partial charge < -0.3 is 5.32 Å². The van der Waals surface area contributed by atoms with Crippen molar-refractivity contribution in [2.75, 3.05) is 11.9 Å². The van der Waals surface area contributed by atoms with Crippen molar-refractivity contribution in [3.05, 3.63) is 40.4 Å². The number of imide groups is 1. The summed E-state index contributed by atoms with van der Waals surface area (Å²) in [6, 6.07) is 4.83. The quantitative estimate of drug-likeness (QED) is 0.617. The predicted octanol–water partition coefficient (Wildman–Crippen LogP) is 3.38. The molecule has 27 heavy (non-hydrogen) atoms. The third-order valence-electron chi connectivity index (χ3n) is 6.52. The standard InChI is InChI=1S/C20H18Cl2N2O3/c21-14-4-1-9(7-15(14)22)23-16(25)5-6-24-19(26)17-10-2-3-11(13-8-12(10)13)18(17)20(24)27/h1-4,7,10-13,17-18H,5-6,8H2,(H,23,25)/t10-,11-,12-,13+,17-,18+/m0/s1. The van der Waals surface area contributed by atoms with Gasteiger partial charge in [-0.3, -0.25) is 19.3 Å². The first-order chi connectivity index (χ1) is 13.0. The molecule has 4 aliphatic carbocycles. The van der Waals surface area contributed by atoms with Crippen molar-refractivity contribution in [3.8, 4) is 0 Å². The van der Waals surface area contributed by atoms with Crippen LogP contribution in [0.15, 0.2) is 30.4 Å². The van der Waals surface area contributed by atoms with Gasteiger partial charge in [0, 0.05) is 18.7 Å². The second-order valence-electron chi connectivity index (χ2n) is 7.91. The molecule has 1 N–H and O–H groups in total. The molecule has 1 aromatic carbocycles. The fourth-order valence-electron chi connectivity index (χ4n) is 5.25. The Balaban J connectivity index is 1.24. The van der Waals surface area contributed by atoms with E-state index >= 15 is 0 Å². The second kappa shape index (κ2) is 6.08. The van der Waals surface area contributed by atoms with E-state index in [2.05, 4.69) is 17.5 Å². The van der Waals surface area contributed by atoms with E-state index in [4.69, 9.17) is 23.2 Å². The summed E-state index contributed by atoms with van der Waals surface area (Å²) < 4.78 is 0. The molecule has 5 aliphatic rings. The van der Waals surface area contributed by atoms with Crippen LogP contribution in [0.3, 0.4) is 0 Å². The predicted molar refractivity (Wildman–Crippen MR) is 101 cm³/mol. The number of anilines is 1. The van der Waals surface area contributed by atoms with Gasteiger partial charge in [-0.2, -0.15) is 0 Å². The van der Waals surface area contributed by atoms with Crippen LogP contribution < -0.4 is 5.32 Å². The van der Waals surface area contributed by atoms with Gasteiger partial charge in [0.05, 0.1) is 21.9 Å². The number of halogens is 2. The van der Waals surface area contributed by atoms with Gasteiger partial charge in [-0.1, -0.05) is 35.4 Å². The SMILES string of the molecule is O=C(CCN1C(=O)[C@@H]2[C@H]3C=C[C@@H]([C@@H]4C[C@H]34)[C@@H]2C1=O)Nc1ccc(Cl)c(Cl)c1. The highest BCUT2D eigenvalue weighted by molar-refractivity contribution is 6.42. The summed E-state index contributed by atoms with van der Waals surface area (Å²) in [5.74, 6) is 0.672. The van der Waals surface area contributed by atoms with Crippen LogP contribution in [0.5, 0.6) is 0 Å². The van der Waals surface area contributed by atoms with Crippen molar-refractivity contribution in [1.29, 1.82) is 0 Å². The normalized spacial score (nSPS) is 35.3. The molecule has 6 atom stereocenters. The number of hydrogen-bond donors (Lipinski definition) is 1. The Labute approximate surface area is 166 Å². The number of likely N-dealkylation sites (tertiary alicyclic amines) is 1. The fraction of sp³-hybridized carbons (Fsp3) is 0.450. The van der Waals surface area contributed by atoms with E-state index in [1.165, 1.54) is 4.90 Å². The van der Waals surface area contributed by atoms with E-state index in [-0.39, 0.29) is 54.4 Å². The molecule has 0 radical (unpaired) electrons. The molecule has 0 aromatic heterocycles. The zero-order valence-corrected chi connectivity index (χ0v) is 15.9. The lowest BCUT2D eigenvalue weighted by atomic mass is 9.63. The van der Waals surface area contributed by atoms with Crippen LogP contribution in [0.1, 0.15) is 12.8 Å². The molecule has 0 spiro atoms. The van der Waals surface area contributed by atoms with Crippen LogP contribution in [0.4, 0.5) is 5.69 Å². The number of hydrogen-bond acceptors (Lipinski definition) is 3. The molecule has 1 aromatic rings. The minimum atomic E-state index is -0.271. The van der Waals surface area contributed by atoms with Crippen LogP contribution in [0, 0.1) is 35.5 Å². The van der Waals surface area contributed by atoms with Crippen LogP contribution in [-0.2, 0) is 14.4 Å². The van der Waals surface area contributed by atoms with Gasteiger partial charge >= 0.3 is 0 Å². The molecule has 1 saturated heterocycles. The summed E-state index contributed by atoms with van der Waals surface area (Å²) in [5.41, 5.74) is 0.532. The lowest BCUT2D eigenvalue weighted by molar-refractivity contribution is -0.140. The van der Waals surface area contributed by atoms with Gasteiger partial charge in [0.2, 0.25) is 17.7 Å². The zero-order chi connectivity index (χ0) is 18.9. The smallest absolute Gasteiger partial charge is 0.233 e. The first-order valence-corrected chi connectivity index (χ1v) is 10.00. The van der Waals surface area contributed by atoms with Crippen LogP contribution >= 0.6 is 23.2 Å². The number of allylic oxidation sites excluding steroid dienone is 2. The number of amides is 3. The molecule has 7 heteroatoms. The van der Waals surface area contributed by atoms with Crippen LogP contribution in [0.25, 0.3) is 0 Å². The zero-order valence-electron chi connectivity index (χ0n) is 14.4. The van der Waals surface area contributed by atoms with E-state index in [9.17, 15) is 14.4 Å². The van der Waals surface area contributed by atoms with E-state index in [0.29, 0.717) is 27.6 Å². The summed E-state index contributed by atoms with van der Waals surface area (Å²) in [6.45, 7) is 0.118. The maximum absolute atomic E-state index is 12.9. The van der Waals surface area contributed by atoms with Crippen LogP contribution in [-0.4, -0.2) is 29.2 Å². The van der Waals surface area contributed by atoms with Gasteiger partial charge in [0.15, 0.2) is 0 Å². The first-order valence-electron chi connectivity index (χ1n) is 9.24. The van der Waals surface area contributed by atoms with Gasteiger partial charge in [-0.15, -0.1) is 0 Å². The van der Waals surface area contributed by atoms with Gasteiger partial charge in [0.25, 0.3) is 0 Å². The highest BCUT2D eigenvalue weighted by atomic mass is 35.5. The maximum atomic E-state index is 12.9. The molecule has 140 valence electrons. The fourth-order valence-corrected chi connectivity index (χ4v) is 5.55. The summed E-state index contributed by atoms with van der Waals surface area (Å²) in [6.07, 6.45) is 5.49. The Hall–Kier alpha value is -1.85. The number of carbonyl (C=O) groups excluding carboxylic acids is 3. The largest absolute Gasteiger partial charge is 0.326 e. The molecule has 2 bridgehead atoms. The van der Waals surface area contributed by atoms with E-state index < -0.39 is 0 Å². The summed E-state index contributed by atoms with van der Waals surface area (Å²) in [5, 5.41) is 3.49. The lowest BCUT2D eigenvalue weighted by Crippen LogP contribution is -2.40. The molecule has 3 fully saturated rings. The molecular formula is C20H18Cl2N2O3. The molecule has 5 nitrogen and oxygen atoms in total. The minimum Gasteiger partial charge on any atom is -0.326 e. The summed E-state index contributed by atoms with van der Waals surface area (Å²) in [7, 11) is 0. The first kappa shape index (κ1) is 17.3. The van der Waals surface area contributed by atoms with Gasteiger partial charge in [0.1, 0.15) is 0 Å². The van der Waals surface area contributed by atoms with Crippen molar-refractivity contribution in [1.82, 2.24) is 4.90 Å². The van der Waals surface area contributed by atoms with Gasteiger partial charge in [-0.25, -0.2) is 0 Å². The second-order valence-corrected chi connectivity index (χ2v) is 8.72. The number of rotatable bonds is 4. The third-order valence-corrected chi connectivity index (χ3v) is 7.26.